The molecule has 7 nitrogen and oxygen atoms in total. The summed E-state index contributed by atoms with van der Waals surface area (Å²) in [5, 5.41) is 12.4. The quantitative estimate of drug-likeness (QED) is 0.795. The molecule has 7 heteroatoms. The maximum Gasteiger partial charge on any atom is 0.330 e. The van der Waals surface area contributed by atoms with Gasteiger partial charge in [0.2, 0.25) is 5.91 Å². The Morgan fingerprint density at radius 3 is 2.48 bits per heavy atom. The van der Waals surface area contributed by atoms with Crippen molar-refractivity contribution in [2.24, 2.45) is 5.41 Å². The van der Waals surface area contributed by atoms with Gasteiger partial charge in [-0.15, -0.1) is 0 Å². The van der Waals surface area contributed by atoms with Crippen LogP contribution >= 0.6 is 0 Å². The van der Waals surface area contributed by atoms with Gasteiger partial charge in [-0.1, -0.05) is 38.6 Å². The fourth-order valence-corrected chi connectivity index (χ4v) is 3.96. The lowest BCUT2D eigenvalue weighted by atomic mass is 9.54. The van der Waals surface area contributed by atoms with Crippen LogP contribution < -0.4 is 5.32 Å². The van der Waals surface area contributed by atoms with E-state index in [9.17, 15) is 19.5 Å². The van der Waals surface area contributed by atoms with Gasteiger partial charge in [-0.3, -0.25) is 14.5 Å². The number of nitrogens with one attached hydrogen (secondary N) is 1. The summed E-state index contributed by atoms with van der Waals surface area (Å²) in [6.45, 7) is 9.46. The molecular weight excluding hydrogens is 348 g/mol. The van der Waals surface area contributed by atoms with Gasteiger partial charge in [-0.25, -0.2) is 4.79 Å². The Labute approximate surface area is 158 Å². The normalized spacial score (nSPS) is 25.7. The highest BCUT2D eigenvalue weighted by molar-refractivity contribution is 6.10. The molecule has 0 radical (unpaired) electrons. The molecular formula is C20H24N2O5. The van der Waals surface area contributed by atoms with E-state index < -0.39 is 22.8 Å². The third kappa shape index (κ3) is 2.73. The predicted molar refractivity (Wildman–Crippen MR) is 98.8 cm³/mol. The van der Waals surface area contributed by atoms with E-state index >= 15 is 0 Å². The lowest BCUT2D eigenvalue weighted by Crippen LogP contribution is -2.76. The van der Waals surface area contributed by atoms with Gasteiger partial charge in [0, 0.05) is 35.3 Å². The summed E-state index contributed by atoms with van der Waals surface area (Å²) in [6, 6.07) is 7.00. The number of carbonyl (C=O) groups is 3. The molecule has 2 unspecified atom stereocenters. The molecule has 1 aliphatic heterocycles. The van der Waals surface area contributed by atoms with E-state index in [-0.39, 0.29) is 25.0 Å². The molecule has 1 heterocycles. The monoisotopic (exact) mass is 372 g/mol. The van der Waals surface area contributed by atoms with Gasteiger partial charge < -0.3 is 15.2 Å². The second-order valence-corrected chi connectivity index (χ2v) is 7.51. The molecule has 2 atom stereocenters. The van der Waals surface area contributed by atoms with E-state index in [0.717, 1.165) is 0 Å². The minimum absolute atomic E-state index is 0.185. The highest BCUT2D eigenvalue weighted by Gasteiger charge is 2.66. The summed E-state index contributed by atoms with van der Waals surface area (Å²) < 4.78 is 5.60. The van der Waals surface area contributed by atoms with Crippen molar-refractivity contribution in [1.29, 1.82) is 0 Å². The average Bonchev–Trinajstić information content (AvgIpc) is 2.85. The summed E-state index contributed by atoms with van der Waals surface area (Å²) in [7, 11) is 0. The number of carboxylic acid groups (broad SMARTS) is 1. The zero-order chi connectivity index (χ0) is 20.0. The summed E-state index contributed by atoms with van der Waals surface area (Å²) in [4.78, 5) is 38.5. The SMILES string of the molecule is C=C1c2ccccc2C(=O)N1CC(=O)NC1(C(=O)O)CC(OCC)C1(C)C. The Balaban J connectivity index is 1.75. The van der Waals surface area contributed by atoms with E-state index in [1.165, 1.54) is 4.90 Å². The van der Waals surface area contributed by atoms with Crippen molar-refractivity contribution < 1.29 is 24.2 Å². The Hall–Kier alpha value is -2.67. The molecule has 1 aromatic rings. The van der Waals surface area contributed by atoms with Gasteiger partial charge in [0.15, 0.2) is 0 Å². The molecule has 1 aliphatic carbocycles. The fraction of sp³-hybridized carbons (Fsp3) is 0.450. The number of amides is 2. The first-order valence-corrected chi connectivity index (χ1v) is 8.92. The van der Waals surface area contributed by atoms with E-state index in [1.807, 2.05) is 6.92 Å². The topological polar surface area (TPSA) is 95.9 Å². The zero-order valence-electron chi connectivity index (χ0n) is 15.7. The summed E-state index contributed by atoms with van der Waals surface area (Å²) in [5.41, 5.74) is -0.595. The van der Waals surface area contributed by atoms with Crippen molar-refractivity contribution in [2.45, 2.75) is 38.8 Å². The maximum absolute atomic E-state index is 12.7. The smallest absolute Gasteiger partial charge is 0.330 e. The van der Waals surface area contributed by atoms with Crippen LogP contribution in [0.1, 0.15) is 43.1 Å². The number of carbonyl (C=O) groups excluding carboxylic acids is 2. The van der Waals surface area contributed by atoms with Gasteiger partial charge in [-0.05, 0) is 13.0 Å². The number of fused-ring (bicyclic) bond motifs is 1. The summed E-state index contributed by atoms with van der Waals surface area (Å²) in [6.07, 6.45) is -0.0733. The Kier molecular flexibility index (Phi) is 4.59. The number of ether oxygens (including phenoxy) is 1. The van der Waals surface area contributed by atoms with E-state index in [1.54, 1.807) is 38.1 Å². The van der Waals surface area contributed by atoms with Crippen LogP contribution in [-0.2, 0) is 14.3 Å². The Morgan fingerprint density at radius 2 is 1.96 bits per heavy atom. The van der Waals surface area contributed by atoms with Gasteiger partial charge >= 0.3 is 5.97 Å². The van der Waals surface area contributed by atoms with Crippen LogP contribution in [0, 0.1) is 5.41 Å². The van der Waals surface area contributed by atoms with Crippen LogP contribution in [0.25, 0.3) is 5.70 Å². The second-order valence-electron chi connectivity index (χ2n) is 7.51. The van der Waals surface area contributed by atoms with Gasteiger partial charge in [0.05, 0.1) is 6.10 Å². The highest BCUT2D eigenvalue weighted by atomic mass is 16.5. The average molecular weight is 372 g/mol. The van der Waals surface area contributed by atoms with Crippen molar-refractivity contribution >= 4 is 23.5 Å². The maximum atomic E-state index is 12.7. The molecule has 1 fully saturated rings. The van der Waals surface area contributed by atoms with Crippen LogP contribution in [-0.4, -0.2) is 52.6 Å². The Morgan fingerprint density at radius 1 is 1.33 bits per heavy atom. The lowest BCUT2D eigenvalue weighted by molar-refractivity contribution is -0.194. The first-order chi connectivity index (χ1) is 12.7. The number of hydrogen-bond donors (Lipinski definition) is 2. The molecule has 3 rings (SSSR count). The van der Waals surface area contributed by atoms with Crippen molar-refractivity contribution in [2.75, 3.05) is 13.2 Å². The molecule has 27 heavy (non-hydrogen) atoms. The number of hydrogen-bond acceptors (Lipinski definition) is 4. The molecule has 0 bridgehead atoms. The van der Waals surface area contributed by atoms with Crippen molar-refractivity contribution in [3.8, 4) is 0 Å². The van der Waals surface area contributed by atoms with Crippen molar-refractivity contribution in [3.63, 3.8) is 0 Å². The van der Waals surface area contributed by atoms with Crippen LogP contribution in [0.3, 0.4) is 0 Å². The highest BCUT2D eigenvalue weighted by Crippen LogP contribution is 2.51. The van der Waals surface area contributed by atoms with E-state index in [0.29, 0.717) is 23.4 Å². The molecule has 144 valence electrons. The number of aliphatic carboxylic acids is 1. The number of carboxylic acids is 1. The van der Waals surface area contributed by atoms with Crippen LogP contribution in [0.5, 0.6) is 0 Å². The standard InChI is InChI=1S/C20H24N2O5/c1-5-27-15-10-20(18(25)26,19(15,3)4)21-16(23)11-22-12(2)13-8-6-7-9-14(13)17(22)24/h6-9,15H,2,5,10-11H2,1,3-4H3,(H,21,23)(H,25,26). The van der Waals surface area contributed by atoms with Gasteiger partial charge in [-0.2, -0.15) is 0 Å². The number of nitrogens with zero attached hydrogens (tertiary/aromatic N) is 1. The van der Waals surface area contributed by atoms with Crippen LogP contribution in [0.15, 0.2) is 30.8 Å². The van der Waals surface area contributed by atoms with E-state index in [2.05, 4.69) is 11.9 Å². The van der Waals surface area contributed by atoms with Crippen LogP contribution in [0.2, 0.25) is 0 Å². The molecule has 0 spiro atoms. The third-order valence-electron chi connectivity index (χ3n) is 5.82. The molecule has 2 N–H and O–H groups in total. The van der Waals surface area contributed by atoms with Crippen LogP contribution in [0.4, 0.5) is 0 Å². The molecule has 0 saturated heterocycles. The third-order valence-corrected chi connectivity index (χ3v) is 5.82. The first kappa shape index (κ1) is 19.1. The summed E-state index contributed by atoms with van der Waals surface area (Å²) in [5.74, 6) is -1.95. The Bertz CT molecular complexity index is 796. The predicted octanol–water partition coefficient (Wildman–Crippen LogP) is 1.89. The van der Waals surface area contributed by atoms with Gasteiger partial charge in [0.25, 0.3) is 5.91 Å². The van der Waals surface area contributed by atoms with E-state index in [4.69, 9.17) is 4.74 Å². The minimum Gasteiger partial charge on any atom is -0.479 e. The van der Waals surface area contributed by atoms with Gasteiger partial charge in [0.1, 0.15) is 12.1 Å². The minimum atomic E-state index is -1.43. The first-order valence-electron chi connectivity index (χ1n) is 8.92. The van der Waals surface area contributed by atoms with Crippen molar-refractivity contribution in [1.82, 2.24) is 10.2 Å². The number of rotatable bonds is 6. The fourth-order valence-electron chi connectivity index (χ4n) is 3.96. The molecule has 0 aromatic heterocycles. The lowest BCUT2D eigenvalue weighted by Gasteiger charge is -2.58. The molecule has 1 aromatic carbocycles. The number of benzene rings is 1. The second kappa shape index (κ2) is 6.49. The zero-order valence-corrected chi connectivity index (χ0v) is 15.7. The molecule has 2 aliphatic rings. The largest absolute Gasteiger partial charge is 0.479 e. The van der Waals surface area contributed by atoms with Crippen molar-refractivity contribution in [3.05, 3.63) is 42.0 Å². The summed E-state index contributed by atoms with van der Waals surface area (Å²) >= 11 is 0. The molecule has 1 saturated carbocycles. The molecule has 2 amide bonds.